The van der Waals surface area contributed by atoms with Gasteiger partial charge in [-0.3, -0.25) is 0 Å². The maximum atomic E-state index is 10.8. The average molecular weight is 226 g/mol. The second kappa shape index (κ2) is 5.37. The van der Waals surface area contributed by atoms with Crippen molar-refractivity contribution in [3.05, 3.63) is 23.8 Å². The highest BCUT2D eigenvalue weighted by Crippen LogP contribution is 2.22. The van der Waals surface area contributed by atoms with Gasteiger partial charge in [0.15, 0.2) is 0 Å². The van der Waals surface area contributed by atoms with Gasteiger partial charge in [0.25, 0.3) is 0 Å². The lowest BCUT2D eigenvalue weighted by Gasteiger charge is -2.10. The number of hydrogen-bond donors (Lipinski definition) is 2. The van der Waals surface area contributed by atoms with Gasteiger partial charge in [0.2, 0.25) is 0 Å². The van der Waals surface area contributed by atoms with Crippen molar-refractivity contribution in [2.45, 2.75) is 13.0 Å². The smallest absolute Gasteiger partial charge is 0.335 e. The van der Waals surface area contributed by atoms with Crippen LogP contribution in [0.4, 0.5) is 0 Å². The molecule has 1 atom stereocenters. The molecular formula is C11H14O5. The SMILES string of the molecule is COc1cc(OC[C@H](C)O)cc(C(=O)O)c1. The van der Waals surface area contributed by atoms with Gasteiger partial charge < -0.3 is 19.7 Å². The third-order valence-corrected chi connectivity index (χ3v) is 1.85. The predicted molar refractivity (Wildman–Crippen MR) is 57.1 cm³/mol. The van der Waals surface area contributed by atoms with Gasteiger partial charge in [0, 0.05) is 6.07 Å². The Bertz CT molecular complexity index is 373. The number of carboxylic acid groups (broad SMARTS) is 1. The molecule has 2 N–H and O–H groups in total. The van der Waals surface area contributed by atoms with Crippen LogP contribution in [0.5, 0.6) is 11.5 Å². The van der Waals surface area contributed by atoms with Crippen LogP contribution in [-0.2, 0) is 0 Å². The zero-order chi connectivity index (χ0) is 12.1. The van der Waals surface area contributed by atoms with E-state index in [2.05, 4.69) is 0 Å². The minimum Gasteiger partial charge on any atom is -0.497 e. The topological polar surface area (TPSA) is 76.0 Å². The molecule has 0 aliphatic rings. The Morgan fingerprint density at radius 1 is 1.38 bits per heavy atom. The van der Waals surface area contributed by atoms with Crippen LogP contribution in [0.1, 0.15) is 17.3 Å². The first-order chi connectivity index (χ1) is 7.52. The van der Waals surface area contributed by atoms with Crippen molar-refractivity contribution in [2.75, 3.05) is 13.7 Å². The molecule has 0 saturated carbocycles. The summed E-state index contributed by atoms with van der Waals surface area (Å²) >= 11 is 0. The lowest BCUT2D eigenvalue weighted by atomic mass is 10.2. The van der Waals surface area contributed by atoms with E-state index in [0.29, 0.717) is 11.5 Å². The van der Waals surface area contributed by atoms with E-state index in [1.165, 1.54) is 19.2 Å². The van der Waals surface area contributed by atoms with Crippen molar-refractivity contribution >= 4 is 5.97 Å². The van der Waals surface area contributed by atoms with Gasteiger partial charge in [-0.05, 0) is 19.1 Å². The van der Waals surface area contributed by atoms with Crippen molar-refractivity contribution in [1.29, 1.82) is 0 Å². The number of carboxylic acids is 1. The minimum atomic E-state index is -1.05. The highest BCUT2D eigenvalue weighted by molar-refractivity contribution is 5.88. The van der Waals surface area contributed by atoms with Gasteiger partial charge >= 0.3 is 5.97 Å². The van der Waals surface area contributed by atoms with Crippen molar-refractivity contribution in [2.24, 2.45) is 0 Å². The Labute approximate surface area is 93.2 Å². The second-order valence-corrected chi connectivity index (χ2v) is 3.36. The van der Waals surface area contributed by atoms with E-state index in [1.54, 1.807) is 13.0 Å². The number of methoxy groups -OCH3 is 1. The second-order valence-electron chi connectivity index (χ2n) is 3.36. The average Bonchev–Trinajstić information content (AvgIpc) is 2.25. The molecule has 0 aromatic heterocycles. The molecule has 0 aliphatic heterocycles. The summed E-state index contributed by atoms with van der Waals surface area (Å²) in [6.45, 7) is 1.69. The summed E-state index contributed by atoms with van der Waals surface area (Å²) in [7, 11) is 1.44. The van der Waals surface area contributed by atoms with Crippen LogP contribution >= 0.6 is 0 Å². The molecule has 1 rings (SSSR count). The number of aliphatic hydroxyl groups excluding tert-OH is 1. The molecule has 0 saturated heterocycles. The fourth-order valence-corrected chi connectivity index (χ4v) is 1.11. The maximum absolute atomic E-state index is 10.8. The third kappa shape index (κ3) is 3.43. The van der Waals surface area contributed by atoms with E-state index >= 15 is 0 Å². The minimum absolute atomic E-state index is 0.0833. The first-order valence-corrected chi connectivity index (χ1v) is 4.76. The summed E-state index contributed by atoms with van der Waals surface area (Å²) in [5, 5.41) is 17.9. The number of ether oxygens (including phenoxy) is 2. The Morgan fingerprint density at radius 3 is 2.50 bits per heavy atom. The van der Waals surface area contributed by atoms with E-state index in [9.17, 15) is 4.79 Å². The lowest BCUT2D eigenvalue weighted by molar-refractivity contribution is 0.0695. The van der Waals surface area contributed by atoms with Gasteiger partial charge in [-0.2, -0.15) is 0 Å². The van der Waals surface area contributed by atoms with Crippen molar-refractivity contribution < 1.29 is 24.5 Å². The number of carbonyl (C=O) groups is 1. The fraction of sp³-hybridized carbons (Fsp3) is 0.364. The molecule has 1 aromatic rings. The van der Waals surface area contributed by atoms with Crippen LogP contribution in [-0.4, -0.2) is 36.0 Å². The third-order valence-electron chi connectivity index (χ3n) is 1.85. The van der Waals surface area contributed by atoms with E-state index in [1.807, 2.05) is 0 Å². The summed E-state index contributed by atoms with van der Waals surface area (Å²) in [5.74, 6) is -0.293. The number of aromatic carboxylic acids is 1. The molecule has 1 aromatic carbocycles. The Kier molecular flexibility index (Phi) is 4.13. The predicted octanol–water partition coefficient (Wildman–Crippen LogP) is 1.15. The van der Waals surface area contributed by atoms with Crippen LogP contribution in [0.3, 0.4) is 0 Å². The molecule has 0 heterocycles. The molecule has 0 aliphatic carbocycles. The standard InChI is InChI=1S/C11H14O5/c1-7(12)6-16-10-4-8(11(13)14)3-9(5-10)15-2/h3-5,7,12H,6H2,1-2H3,(H,13,14)/t7-/m0/s1. The Balaban J connectivity index is 2.90. The van der Waals surface area contributed by atoms with Crippen LogP contribution in [0.25, 0.3) is 0 Å². The number of hydrogen-bond acceptors (Lipinski definition) is 4. The number of benzene rings is 1. The molecule has 88 valence electrons. The van der Waals surface area contributed by atoms with Gasteiger partial charge in [-0.25, -0.2) is 4.79 Å². The molecule has 0 unspecified atom stereocenters. The number of rotatable bonds is 5. The first-order valence-electron chi connectivity index (χ1n) is 4.76. The maximum Gasteiger partial charge on any atom is 0.335 e. The van der Waals surface area contributed by atoms with Crippen molar-refractivity contribution in [1.82, 2.24) is 0 Å². The molecule has 0 fully saturated rings. The molecule has 16 heavy (non-hydrogen) atoms. The van der Waals surface area contributed by atoms with Gasteiger partial charge in [-0.15, -0.1) is 0 Å². The summed E-state index contributed by atoms with van der Waals surface area (Å²) in [6.07, 6.45) is -0.612. The van der Waals surface area contributed by atoms with Crippen LogP contribution < -0.4 is 9.47 Å². The van der Waals surface area contributed by atoms with Crippen LogP contribution in [0.15, 0.2) is 18.2 Å². The molecule has 0 spiro atoms. The highest BCUT2D eigenvalue weighted by Gasteiger charge is 2.08. The first kappa shape index (κ1) is 12.3. The molecule has 5 nitrogen and oxygen atoms in total. The Hall–Kier alpha value is -1.75. The molecule has 5 heteroatoms. The monoisotopic (exact) mass is 226 g/mol. The van der Waals surface area contributed by atoms with E-state index in [4.69, 9.17) is 19.7 Å². The molecule has 0 radical (unpaired) electrons. The summed E-state index contributed by atoms with van der Waals surface area (Å²) in [5.41, 5.74) is 0.0833. The highest BCUT2D eigenvalue weighted by atomic mass is 16.5. The summed E-state index contributed by atoms with van der Waals surface area (Å²) in [6, 6.07) is 4.35. The fourth-order valence-electron chi connectivity index (χ4n) is 1.11. The van der Waals surface area contributed by atoms with E-state index in [-0.39, 0.29) is 12.2 Å². The van der Waals surface area contributed by atoms with Gasteiger partial charge in [0.05, 0.1) is 18.8 Å². The molecule has 0 amide bonds. The normalized spacial score (nSPS) is 11.9. The molecule has 0 bridgehead atoms. The zero-order valence-electron chi connectivity index (χ0n) is 9.14. The zero-order valence-corrected chi connectivity index (χ0v) is 9.14. The summed E-state index contributed by atoms with van der Waals surface area (Å²) in [4.78, 5) is 10.8. The summed E-state index contributed by atoms with van der Waals surface area (Å²) < 4.78 is 10.2. The van der Waals surface area contributed by atoms with Gasteiger partial charge in [-0.1, -0.05) is 0 Å². The lowest BCUT2D eigenvalue weighted by Crippen LogP contribution is -2.13. The number of aliphatic hydroxyl groups is 1. The Morgan fingerprint density at radius 2 is 2.00 bits per heavy atom. The van der Waals surface area contributed by atoms with Crippen LogP contribution in [0.2, 0.25) is 0 Å². The molecular weight excluding hydrogens is 212 g/mol. The van der Waals surface area contributed by atoms with E-state index in [0.717, 1.165) is 0 Å². The quantitative estimate of drug-likeness (QED) is 0.787. The van der Waals surface area contributed by atoms with Crippen molar-refractivity contribution in [3.8, 4) is 11.5 Å². The largest absolute Gasteiger partial charge is 0.497 e. The van der Waals surface area contributed by atoms with E-state index < -0.39 is 12.1 Å². The van der Waals surface area contributed by atoms with Gasteiger partial charge in [0.1, 0.15) is 18.1 Å². The van der Waals surface area contributed by atoms with Crippen LogP contribution in [0, 0.1) is 0 Å². The van der Waals surface area contributed by atoms with Crippen molar-refractivity contribution in [3.63, 3.8) is 0 Å².